The maximum absolute atomic E-state index is 5.46. The summed E-state index contributed by atoms with van der Waals surface area (Å²) < 4.78 is 5.46. The number of fused-ring (bicyclic) bond motifs is 3. The van der Waals surface area contributed by atoms with Gasteiger partial charge in [-0.05, 0) is 49.8 Å². The van der Waals surface area contributed by atoms with Crippen molar-refractivity contribution in [3.8, 4) is 0 Å². The minimum atomic E-state index is 0.780. The van der Waals surface area contributed by atoms with E-state index < -0.39 is 0 Å². The summed E-state index contributed by atoms with van der Waals surface area (Å²) in [5.74, 6) is 1.97. The quantitative estimate of drug-likeness (QED) is 0.576. The lowest BCUT2D eigenvalue weighted by Crippen LogP contribution is -2.37. The van der Waals surface area contributed by atoms with Gasteiger partial charge in [0.25, 0.3) is 0 Å². The molecule has 0 atom stereocenters. The third kappa shape index (κ3) is 4.51. The molecule has 2 aromatic heterocycles. The van der Waals surface area contributed by atoms with E-state index in [2.05, 4.69) is 40.5 Å². The summed E-state index contributed by atoms with van der Waals surface area (Å²) in [7, 11) is 0. The molecule has 0 bridgehead atoms. The number of rotatable bonds is 7. The number of thiophene rings is 1. The normalized spacial score (nSPS) is 17.2. The molecule has 0 spiro atoms. The van der Waals surface area contributed by atoms with E-state index >= 15 is 0 Å². The minimum absolute atomic E-state index is 0.780. The minimum Gasteiger partial charge on any atom is -0.379 e. The fourth-order valence-electron chi connectivity index (χ4n) is 4.52. The number of nitrogens with one attached hydrogen (secondary N) is 1. The van der Waals surface area contributed by atoms with Crippen molar-refractivity contribution in [2.75, 3.05) is 44.7 Å². The van der Waals surface area contributed by atoms with Crippen LogP contribution in [0.1, 0.15) is 41.1 Å². The van der Waals surface area contributed by atoms with E-state index in [1.165, 1.54) is 51.9 Å². The zero-order chi connectivity index (χ0) is 20.2. The molecule has 1 fully saturated rings. The van der Waals surface area contributed by atoms with Gasteiger partial charge in [-0.3, -0.25) is 4.90 Å². The topological polar surface area (TPSA) is 50.3 Å². The van der Waals surface area contributed by atoms with E-state index in [9.17, 15) is 0 Å². The van der Waals surface area contributed by atoms with E-state index in [-0.39, 0.29) is 0 Å². The van der Waals surface area contributed by atoms with Crippen LogP contribution in [0.5, 0.6) is 0 Å². The summed E-state index contributed by atoms with van der Waals surface area (Å²) >= 11 is 1.89. The molecule has 6 heteroatoms. The second-order valence-electron chi connectivity index (χ2n) is 8.28. The highest BCUT2D eigenvalue weighted by molar-refractivity contribution is 7.19. The molecule has 5 rings (SSSR count). The molecule has 3 heterocycles. The fourth-order valence-corrected chi connectivity index (χ4v) is 5.80. The van der Waals surface area contributed by atoms with Crippen molar-refractivity contribution >= 4 is 27.4 Å². The molecule has 0 radical (unpaired) electrons. The highest BCUT2D eigenvalue weighted by Gasteiger charge is 2.21. The Morgan fingerprint density at radius 3 is 2.73 bits per heavy atom. The molecule has 1 saturated heterocycles. The molecule has 1 aliphatic heterocycles. The monoisotopic (exact) mass is 422 g/mol. The van der Waals surface area contributed by atoms with Gasteiger partial charge < -0.3 is 10.1 Å². The van der Waals surface area contributed by atoms with Crippen molar-refractivity contribution in [1.82, 2.24) is 14.9 Å². The van der Waals surface area contributed by atoms with E-state index in [0.29, 0.717) is 0 Å². The van der Waals surface area contributed by atoms with Gasteiger partial charge in [0.15, 0.2) is 0 Å². The van der Waals surface area contributed by atoms with Crippen LogP contribution in [-0.2, 0) is 24.0 Å². The zero-order valence-electron chi connectivity index (χ0n) is 17.5. The Bertz CT molecular complexity index is 982. The maximum atomic E-state index is 5.46. The second-order valence-corrected chi connectivity index (χ2v) is 9.36. The molecule has 0 amide bonds. The number of aromatic nitrogens is 2. The summed E-state index contributed by atoms with van der Waals surface area (Å²) in [6.45, 7) is 5.89. The molecule has 1 aromatic carbocycles. The first-order chi connectivity index (χ1) is 14.9. The average molecular weight is 423 g/mol. The summed E-state index contributed by atoms with van der Waals surface area (Å²) in [6, 6.07) is 10.5. The van der Waals surface area contributed by atoms with Crippen molar-refractivity contribution in [1.29, 1.82) is 0 Å². The van der Waals surface area contributed by atoms with Gasteiger partial charge in [-0.25, -0.2) is 9.97 Å². The van der Waals surface area contributed by atoms with E-state index in [0.717, 1.165) is 63.9 Å². The Morgan fingerprint density at radius 1 is 1.03 bits per heavy atom. The van der Waals surface area contributed by atoms with Crippen LogP contribution in [0, 0.1) is 0 Å². The zero-order valence-corrected chi connectivity index (χ0v) is 18.3. The van der Waals surface area contributed by atoms with Gasteiger partial charge in [0, 0.05) is 30.9 Å². The number of anilines is 1. The van der Waals surface area contributed by atoms with Gasteiger partial charge >= 0.3 is 0 Å². The molecule has 1 aliphatic carbocycles. The highest BCUT2D eigenvalue weighted by Crippen LogP contribution is 2.38. The number of aryl methyl sites for hydroxylation is 2. The molecule has 5 nitrogen and oxygen atoms in total. The number of hydrogen-bond acceptors (Lipinski definition) is 6. The Morgan fingerprint density at radius 2 is 1.87 bits per heavy atom. The molecule has 158 valence electrons. The van der Waals surface area contributed by atoms with Crippen LogP contribution in [0.4, 0.5) is 5.82 Å². The van der Waals surface area contributed by atoms with Gasteiger partial charge in [0.05, 0.1) is 18.6 Å². The first-order valence-corrected chi connectivity index (χ1v) is 12.1. The number of hydrogen-bond donors (Lipinski definition) is 1. The van der Waals surface area contributed by atoms with Gasteiger partial charge in [0.2, 0.25) is 0 Å². The van der Waals surface area contributed by atoms with Crippen LogP contribution in [0.2, 0.25) is 0 Å². The summed E-state index contributed by atoms with van der Waals surface area (Å²) in [5.41, 5.74) is 2.76. The first kappa shape index (κ1) is 19.9. The third-order valence-corrected chi connectivity index (χ3v) is 7.30. The molecule has 0 unspecified atom stereocenters. The lowest BCUT2D eigenvalue weighted by atomic mass is 9.97. The maximum Gasteiger partial charge on any atom is 0.138 e. The van der Waals surface area contributed by atoms with Gasteiger partial charge in [0.1, 0.15) is 16.5 Å². The Kier molecular flexibility index (Phi) is 6.25. The van der Waals surface area contributed by atoms with Gasteiger partial charge in [-0.15, -0.1) is 11.3 Å². The van der Waals surface area contributed by atoms with Crippen LogP contribution in [0.15, 0.2) is 30.3 Å². The van der Waals surface area contributed by atoms with Crippen molar-refractivity contribution in [2.24, 2.45) is 0 Å². The van der Waals surface area contributed by atoms with Crippen LogP contribution in [0.3, 0.4) is 0 Å². The van der Waals surface area contributed by atoms with Gasteiger partial charge in [-0.1, -0.05) is 30.3 Å². The summed E-state index contributed by atoms with van der Waals surface area (Å²) in [5, 5.41) is 4.98. The summed E-state index contributed by atoms with van der Waals surface area (Å²) in [6.07, 6.45) is 6.83. The molecule has 1 N–H and O–H groups in total. The second kappa shape index (κ2) is 9.41. The summed E-state index contributed by atoms with van der Waals surface area (Å²) in [4.78, 5) is 15.2. The predicted molar refractivity (Wildman–Crippen MR) is 124 cm³/mol. The molecule has 3 aromatic rings. The molecular formula is C24H30N4OS. The fraction of sp³-hybridized carbons (Fsp3) is 0.500. The number of morpholine rings is 1. The lowest BCUT2D eigenvalue weighted by molar-refractivity contribution is 0.0378. The SMILES string of the molecule is c1ccc(Cc2nc(NCCCN3CCOCC3)c3c4c(sc3n2)CCCC4)cc1. The largest absolute Gasteiger partial charge is 0.379 e. The van der Waals surface area contributed by atoms with Crippen LogP contribution < -0.4 is 5.32 Å². The highest BCUT2D eigenvalue weighted by atomic mass is 32.1. The van der Waals surface area contributed by atoms with Crippen LogP contribution >= 0.6 is 11.3 Å². The van der Waals surface area contributed by atoms with E-state index in [1.807, 2.05) is 11.3 Å². The van der Waals surface area contributed by atoms with E-state index in [1.54, 1.807) is 0 Å². The van der Waals surface area contributed by atoms with Crippen molar-refractivity contribution in [3.05, 3.63) is 52.2 Å². The number of nitrogens with zero attached hydrogens (tertiary/aromatic N) is 3. The number of ether oxygens (including phenoxy) is 1. The van der Waals surface area contributed by atoms with Crippen molar-refractivity contribution < 1.29 is 4.74 Å². The molecule has 30 heavy (non-hydrogen) atoms. The molecule has 2 aliphatic rings. The Balaban J connectivity index is 1.36. The first-order valence-electron chi connectivity index (χ1n) is 11.3. The lowest BCUT2D eigenvalue weighted by Gasteiger charge is -2.26. The predicted octanol–water partition coefficient (Wildman–Crippen LogP) is 4.30. The smallest absolute Gasteiger partial charge is 0.138 e. The Hall–Kier alpha value is -2.02. The third-order valence-electron chi connectivity index (χ3n) is 6.11. The Labute approximate surface area is 182 Å². The van der Waals surface area contributed by atoms with Crippen molar-refractivity contribution in [2.45, 2.75) is 38.5 Å². The van der Waals surface area contributed by atoms with Crippen LogP contribution in [-0.4, -0.2) is 54.3 Å². The average Bonchev–Trinajstić information content (AvgIpc) is 3.16. The molecular weight excluding hydrogens is 392 g/mol. The van der Waals surface area contributed by atoms with E-state index in [4.69, 9.17) is 14.7 Å². The standard InChI is InChI=1S/C24H30N4OS/c1-2-7-18(8-3-1)17-21-26-23(25-11-6-12-28-13-15-29-16-14-28)22-19-9-4-5-10-20(19)30-24(22)27-21/h1-3,7-8H,4-6,9-17H2,(H,25,26,27). The van der Waals surface area contributed by atoms with Crippen LogP contribution in [0.25, 0.3) is 10.2 Å². The molecule has 0 saturated carbocycles. The van der Waals surface area contributed by atoms with Crippen molar-refractivity contribution in [3.63, 3.8) is 0 Å². The van der Waals surface area contributed by atoms with Gasteiger partial charge in [-0.2, -0.15) is 0 Å². The number of benzene rings is 1.